The minimum atomic E-state index is -4.40. The highest BCUT2D eigenvalue weighted by Gasteiger charge is 2.32. The van der Waals surface area contributed by atoms with Crippen LogP contribution in [0.4, 0.5) is 18.9 Å². The maximum Gasteiger partial charge on any atom is 0.433 e. The molecule has 0 saturated carbocycles. The van der Waals surface area contributed by atoms with Crippen molar-refractivity contribution in [3.63, 3.8) is 0 Å². The fourth-order valence-corrected chi connectivity index (χ4v) is 1.04. The van der Waals surface area contributed by atoms with Gasteiger partial charge in [-0.25, -0.2) is 4.98 Å². The summed E-state index contributed by atoms with van der Waals surface area (Å²) in [7, 11) is 1.67. The topological polar surface area (TPSA) is 16.1 Å². The van der Waals surface area contributed by atoms with E-state index in [0.717, 1.165) is 12.3 Å². The van der Waals surface area contributed by atoms with E-state index in [2.05, 4.69) is 4.98 Å². The summed E-state index contributed by atoms with van der Waals surface area (Å²) in [5.74, 6) is 0. The normalized spacial score (nSPS) is 11.3. The van der Waals surface area contributed by atoms with Crippen LogP contribution < -0.4 is 4.90 Å². The Labute approximate surface area is 90.7 Å². The van der Waals surface area contributed by atoms with E-state index in [0.29, 0.717) is 10.7 Å². The van der Waals surface area contributed by atoms with E-state index in [9.17, 15) is 13.2 Å². The lowest BCUT2D eigenvalue weighted by Gasteiger charge is -2.17. The molecule has 2 nitrogen and oxygen atoms in total. The van der Waals surface area contributed by atoms with E-state index < -0.39 is 11.9 Å². The predicted octanol–water partition coefficient (Wildman–Crippen LogP) is 2.88. The van der Waals surface area contributed by atoms with E-state index in [1.165, 1.54) is 6.07 Å². The van der Waals surface area contributed by atoms with Crippen molar-refractivity contribution >= 4 is 22.9 Å². The summed E-state index contributed by atoms with van der Waals surface area (Å²) in [6.45, 7) is 1.69. The molecule has 1 rings (SSSR count). The fourth-order valence-electron chi connectivity index (χ4n) is 0.934. The third kappa shape index (κ3) is 2.89. The molecule has 6 heteroatoms. The number of rotatable bonds is 1. The third-order valence-electron chi connectivity index (χ3n) is 1.90. The second-order valence-corrected chi connectivity index (χ2v) is 3.57. The van der Waals surface area contributed by atoms with Crippen molar-refractivity contribution in [1.82, 2.24) is 4.98 Å². The molecule has 0 atom stereocenters. The lowest BCUT2D eigenvalue weighted by Crippen LogP contribution is -2.21. The molecule has 1 heterocycles. The fraction of sp³-hybridized carbons (Fsp3) is 0.333. The zero-order valence-electron chi connectivity index (χ0n) is 8.17. The van der Waals surface area contributed by atoms with Gasteiger partial charge in [-0.2, -0.15) is 13.2 Å². The van der Waals surface area contributed by atoms with E-state index >= 15 is 0 Å². The van der Waals surface area contributed by atoms with Gasteiger partial charge in [-0.15, -0.1) is 0 Å². The van der Waals surface area contributed by atoms with Gasteiger partial charge in [0, 0.05) is 7.05 Å². The van der Waals surface area contributed by atoms with Crippen LogP contribution in [-0.4, -0.2) is 17.0 Å². The Bertz CT molecular complexity index is 359. The van der Waals surface area contributed by atoms with Crippen LogP contribution in [0, 0.1) is 0 Å². The number of hydrogen-bond acceptors (Lipinski definition) is 2. The second-order valence-electron chi connectivity index (χ2n) is 2.98. The summed E-state index contributed by atoms with van der Waals surface area (Å²) in [5.41, 5.74) is -0.364. The van der Waals surface area contributed by atoms with Gasteiger partial charge in [-0.3, -0.25) is 0 Å². The molecule has 82 valence electrons. The zero-order chi connectivity index (χ0) is 11.6. The Morgan fingerprint density at radius 1 is 1.40 bits per heavy atom. The van der Waals surface area contributed by atoms with E-state index in [-0.39, 0.29) is 0 Å². The maximum atomic E-state index is 12.2. The van der Waals surface area contributed by atoms with Gasteiger partial charge in [0.1, 0.15) is 5.69 Å². The van der Waals surface area contributed by atoms with Crippen LogP contribution in [0.2, 0.25) is 0 Å². The molecule has 0 saturated heterocycles. The molecule has 0 fully saturated rings. The number of anilines is 1. The van der Waals surface area contributed by atoms with Crippen LogP contribution in [0.25, 0.3) is 0 Å². The number of thiocarbonyl (C=S) groups is 1. The molecule has 15 heavy (non-hydrogen) atoms. The molecule has 0 radical (unpaired) electrons. The molecule has 0 aromatic carbocycles. The van der Waals surface area contributed by atoms with E-state index in [1.807, 2.05) is 0 Å². The molecule has 0 aliphatic heterocycles. The number of hydrogen-bond donors (Lipinski definition) is 0. The van der Waals surface area contributed by atoms with Crippen molar-refractivity contribution < 1.29 is 13.2 Å². The summed E-state index contributed by atoms with van der Waals surface area (Å²) < 4.78 is 36.5. The van der Waals surface area contributed by atoms with Crippen LogP contribution in [0.5, 0.6) is 0 Å². The lowest BCUT2D eigenvalue weighted by atomic mass is 10.3. The Balaban J connectivity index is 2.95. The molecule has 0 aliphatic carbocycles. The molecular formula is C9H9F3N2S. The average Bonchev–Trinajstić information content (AvgIpc) is 2.15. The first kappa shape index (κ1) is 11.9. The average molecular weight is 234 g/mol. The SMILES string of the molecule is CC(=S)N(C)c1ccc(C(F)(F)F)nc1. The first-order valence-corrected chi connectivity index (χ1v) is 4.50. The first-order valence-electron chi connectivity index (χ1n) is 4.10. The van der Waals surface area contributed by atoms with Crippen LogP contribution in [-0.2, 0) is 6.18 Å². The Kier molecular flexibility index (Phi) is 3.28. The highest BCUT2D eigenvalue weighted by Crippen LogP contribution is 2.28. The first-order chi connectivity index (χ1) is 6.82. The molecule has 0 bridgehead atoms. The summed E-state index contributed by atoms with van der Waals surface area (Å²) >= 11 is 4.88. The molecule has 1 aromatic rings. The number of nitrogens with zero attached hydrogens (tertiary/aromatic N) is 2. The monoisotopic (exact) mass is 234 g/mol. The Hall–Kier alpha value is -1.17. The van der Waals surface area contributed by atoms with Gasteiger partial charge in [-0.05, 0) is 19.1 Å². The smallest absolute Gasteiger partial charge is 0.338 e. The quantitative estimate of drug-likeness (QED) is 0.695. The van der Waals surface area contributed by atoms with Crippen LogP contribution in [0.15, 0.2) is 18.3 Å². The Morgan fingerprint density at radius 2 is 2.00 bits per heavy atom. The van der Waals surface area contributed by atoms with Gasteiger partial charge >= 0.3 is 6.18 Å². The molecule has 0 N–H and O–H groups in total. The van der Waals surface area contributed by atoms with Crippen molar-refractivity contribution in [2.24, 2.45) is 0 Å². The maximum absolute atomic E-state index is 12.2. The summed E-state index contributed by atoms with van der Waals surface area (Å²) in [5, 5.41) is 0. The molecule has 0 amide bonds. The standard InChI is InChI=1S/C9H9F3N2S/c1-6(15)14(2)7-3-4-8(13-5-7)9(10,11)12/h3-5H,1-2H3. The van der Waals surface area contributed by atoms with Crippen molar-refractivity contribution in [2.75, 3.05) is 11.9 Å². The lowest BCUT2D eigenvalue weighted by molar-refractivity contribution is -0.141. The number of aromatic nitrogens is 1. The molecule has 0 aliphatic rings. The van der Waals surface area contributed by atoms with Crippen LogP contribution in [0.1, 0.15) is 12.6 Å². The highest BCUT2D eigenvalue weighted by molar-refractivity contribution is 7.80. The largest absolute Gasteiger partial charge is 0.433 e. The highest BCUT2D eigenvalue weighted by atomic mass is 32.1. The molecule has 0 spiro atoms. The van der Waals surface area contributed by atoms with Gasteiger partial charge in [-0.1, -0.05) is 12.2 Å². The molecule has 0 unspecified atom stereocenters. The van der Waals surface area contributed by atoms with Crippen LogP contribution in [0.3, 0.4) is 0 Å². The minimum Gasteiger partial charge on any atom is -0.338 e. The van der Waals surface area contributed by atoms with Gasteiger partial charge in [0.25, 0.3) is 0 Å². The van der Waals surface area contributed by atoms with Gasteiger partial charge in [0.2, 0.25) is 0 Å². The number of alkyl halides is 3. The van der Waals surface area contributed by atoms with Crippen molar-refractivity contribution in [3.8, 4) is 0 Å². The van der Waals surface area contributed by atoms with Gasteiger partial charge in [0.15, 0.2) is 0 Å². The second kappa shape index (κ2) is 4.14. The van der Waals surface area contributed by atoms with Gasteiger partial charge in [0.05, 0.1) is 16.9 Å². The number of pyridine rings is 1. The summed E-state index contributed by atoms with van der Waals surface area (Å²) in [4.78, 5) is 5.48. The summed E-state index contributed by atoms with van der Waals surface area (Å²) in [6.07, 6.45) is -3.25. The van der Waals surface area contributed by atoms with E-state index in [4.69, 9.17) is 12.2 Å². The third-order valence-corrected chi connectivity index (χ3v) is 2.17. The minimum absolute atomic E-state index is 0.538. The molecular weight excluding hydrogens is 225 g/mol. The van der Waals surface area contributed by atoms with Crippen LogP contribution >= 0.6 is 12.2 Å². The van der Waals surface area contributed by atoms with Crippen molar-refractivity contribution in [2.45, 2.75) is 13.1 Å². The summed E-state index contributed by atoms with van der Waals surface area (Å²) in [6, 6.07) is 2.27. The van der Waals surface area contributed by atoms with E-state index in [1.54, 1.807) is 18.9 Å². The molecule has 1 aromatic heterocycles. The number of halogens is 3. The predicted molar refractivity (Wildman–Crippen MR) is 55.9 cm³/mol. The van der Waals surface area contributed by atoms with Crippen molar-refractivity contribution in [1.29, 1.82) is 0 Å². The van der Waals surface area contributed by atoms with Gasteiger partial charge < -0.3 is 4.90 Å². The zero-order valence-corrected chi connectivity index (χ0v) is 8.99. The van der Waals surface area contributed by atoms with Crippen molar-refractivity contribution in [3.05, 3.63) is 24.0 Å². The Morgan fingerprint density at radius 3 is 2.33 bits per heavy atom.